The first kappa shape index (κ1) is 31.6. The van der Waals surface area contributed by atoms with Crippen LogP contribution in [-0.2, 0) is 20.2 Å². The Morgan fingerprint density at radius 1 is 1.12 bits per heavy atom. The van der Waals surface area contributed by atoms with Gasteiger partial charge in [0.05, 0.1) is 30.3 Å². The van der Waals surface area contributed by atoms with Crippen LogP contribution in [0.3, 0.4) is 0 Å². The van der Waals surface area contributed by atoms with Gasteiger partial charge in [0, 0.05) is 42.0 Å². The lowest BCUT2D eigenvalue weighted by Crippen LogP contribution is -2.41. The molecule has 3 aromatic rings. The van der Waals surface area contributed by atoms with Crippen LogP contribution in [0.1, 0.15) is 44.4 Å². The predicted molar refractivity (Wildman–Crippen MR) is 162 cm³/mol. The predicted octanol–water partition coefficient (Wildman–Crippen LogP) is 6.76. The Kier molecular flexibility index (Phi) is 8.78. The summed E-state index contributed by atoms with van der Waals surface area (Å²) in [6.07, 6.45) is 1.60. The van der Waals surface area contributed by atoms with Crippen molar-refractivity contribution >= 4 is 39.0 Å². The van der Waals surface area contributed by atoms with E-state index in [1.54, 1.807) is 6.07 Å². The number of nitrogens with zero attached hydrogens (tertiary/aromatic N) is 4. The van der Waals surface area contributed by atoms with Crippen molar-refractivity contribution in [3.63, 3.8) is 0 Å². The molecule has 43 heavy (non-hydrogen) atoms. The zero-order valence-corrected chi connectivity index (χ0v) is 26.4. The van der Waals surface area contributed by atoms with Crippen LogP contribution in [0.2, 0.25) is 10.0 Å². The van der Waals surface area contributed by atoms with E-state index in [2.05, 4.69) is 11.1 Å². The number of anilines is 1. The molecule has 12 heteroatoms. The number of pyridine rings is 1. The summed E-state index contributed by atoms with van der Waals surface area (Å²) in [5.41, 5.74) is -2.41. The number of nitriles is 1. The maximum Gasteiger partial charge on any atom is 0.245 e. The van der Waals surface area contributed by atoms with Gasteiger partial charge in [-0.15, -0.1) is 0 Å². The van der Waals surface area contributed by atoms with Crippen molar-refractivity contribution < 1.29 is 21.9 Å². The normalized spacial score (nSPS) is 23.3. The summed E-state index contributed by atoms with van der Waals surface area (Å²) < 4.78 is 67.1. The van der Waals surface area contributed by atoms with Crippen molar-refractivity contribution in [2.24, 2.45) is 11.3 Å². The van der Waals surface area contributed by atoms with Gasteiger partial charge in [0.15, 0.2) is 0 Å². The van der Waals surface area contributed by atoms with Crippen molar-refractivity contribution in [3.8, 4) is 6.07 Å². The largest absolute Gasteiger partial charge is 0.378 e. The molecule has 0 unspecified atom stereocenters. The summed E-state index contributed by atoms with van der Waals surface area (Å²) in [7, 11) is -4.39. The smallest absolute Gasteiger partial charge is 0.245 e. The van der Waals surface area contributed by atoms with Crippen LogP contribution in [0.4, 0.5) is 14.6 Å². The fourth-order valence-electron chi connectivity index (χ4n) is 6.30. The third kappa shape index (κ3) is 5.86. The van der Waals surface area contributed by atoms with E-state index in [4.69, 9.17) is 27.9 Å². The molecule has 2 aliphatic heterocycles. The van der Waals surface area contributed by atoms with E-state index in [9.17, 15) is 13.7 Å². The van der Waals surface area contributed by atoms with Gasteiger partial charge in [0.25, 0.3) is 0 Å². The minimum atomic E-state index is -4.39. The van der Waals surface area contributed by atoms with Gasteiger partial charge < -0.3 is 9.64 Å². The number of hydrogen-bond acceptors (Lipinski definition) is 6. The molecule has 2 aliphatic rings. The minimum Gasteiger partial charge on any atom is -0.378 e. The van der Waals surface area contributed by atoms with E-state index in [-0.39, 0.29) is 32.6 Å². The van der Waals surface area contributed by atoms with E-state index in [0.717, 1.165) is 10.4 Å². The van der Waals surface area contributed by atoms with Gasteiger partial charge in [0.1, 0.15) is 27.8 Å². The topological polar surface area (TPSA) is 86.5 Å². The summed E-state index contributed by atoms with van der Waals surface area (Å²) >= 11 is 12.3. The summed E-state index contributed by atoms with van der Waals surface area (Å²) in [6, 6.07) is 12.1. The number of sulfonamides is 1. The number of ether oxygens (including phenoxy) is 1. The van der Waals surface area contributed by atoms with Crippen LogP contribution >= 0.6 is 23.2 Å². The van der Waals surface area contributed by atoms with Gasteiger partial charge >= 0.3 is 0 Å². The molecule has 2 fully saturated rings. The summed E-state index contributed by atoms with van der Waals surface area (Å²) in [5, 5.41) is 10.9. The summed E-state index contributed by atoms with van der Waals surface area (Å²) in [6.45, 7) is 8.00. The minimum absolute atomic E-state index is 0.0588. The van der Waals surface area contributed by atoms with Gasteiger partial charge in [-0.05, 0) is 48.1 Å². The number of halogens is 4. The second-order valence-corrected chi connectivity index (χ2v) is 14.9. The highest BCUT2D eigenvalue weighted by Crippen LogP contribution is 2.57. The first-order valence-corrected chi connectivity index (χ1v) is 16.1. The molecule has 0 aliphatic carbocycles. The lowest BCUT2D eigenvalue weighted by molar-refractivity contribution is 0.122. The highest BCUT2D eigenvalue weighted by Gasteiger charge is 2.61. The molecule has 0 spiro atoms. The molecule has 2 saturated heterocycles. The number of benzene rings is 2. The summed E-state index contributed by atoms with van der Waals surface area (Å²) in [4.78, 5) is 6.28. The van der Waals surface area contributed by atoms with E-state index in [0.29, 0.717) is 38.5 Å². The van der Waals surface area contributed by atoms with Crippen LogP contribution in [0.5, 0.6) is 0 Å². The van der Waals surface area contributed by atoms with Crippen LogP contribution in [0, 0.1) is 34.3 Å². The molecule has 3 atom stereocenters. The zero-order chi connectivity index (χ0) is 31.2. The quantitative estimate of drug-likeness (QED) is 0.293. The standard InChI is InChI=1S/C31H32Cl2F2N4O3S/c1-30(2,3)16-20-18-39(43(40,41)22-8-10-27(37-17-22)38-11-13-42-14-12-38)29(23-5-4-6-25(33)28(23)35)31(20,19-36)24-9-7-21(32)15-26(24)34/h4-10,15,17,20,29H,11-14,16,18H2,1-3H3/t20-,29-,31-/m1/s1. The fourth-order valence-corrected chi connectivity index (χ4v) is 8.27. The number of hydrogen-bond donors (Lipinski definition) is 0. The van der Waals surface area contributed by atoms with Crippen LogP contribution in [0.15, 0.2) is 59.6 Å². The third-order valence-corrected chi connectivity index (χ3v) is 10.5. The molecule has 228 valence electrons. The van der Waals surface area contributed by atoms with Gasteiger partial charge in [-0.2, -0.15) is 9.57 Å². The third-order valence-electron chi connectivity index (χ3n) is 8.12. The average Bonchev–Trinajstić information content (AvgIpc) is 3.28. The first-order chi connectivity index (χ1) is 20.3. The number of aromatic nitrogens is 1. The van der Waals surface area contributed by atoms with Crippen LogP contribution in [-0.4, -0.2) is 50.6 Å². The maximum atomic E-state index is 15.9. The van der Waals surface area contributed by atoms with Crippen molar-refractivity contribution in [1.82, 2.24) is 9.29 Å². The SMILES string of the molecule is CC(C)(C)C[C@@H]1CN(S(=O)(=O)c2ccc(N3CCOCC3)nc2)[C@H](c2cccc(Cl)c2F)[C@@]1(C#N)c1ccc(Cl)cc1F. The maximum absolute atomic E-state index is 15.9. The van der Waals surface area contributed by atoms with Gasteiger partial charge in [-0.25, -0.2) is 22.2 Å². The second kappa shape index (κ2) is 11.9. The van der Waals surface area contributed by atoms with E-state index < -0.39 is 44.4 Å². The van der Waals surface area contributed by atoms with Gasteiger partial charge in [0.2, 0.25) is 10.0 Å². The Bertz CT molecular complexity index is 1650. The van der Waals surface area contributed by atoms with E-state index in [1.165, 1.54) is 42.6 Å². The first-order valence-electron chi connectivity index (χ1n) is 13.9. The van der Waals surface area contributed by atoms with Crippen molar-refractivity contribution in [2.75, 3.05) is 37.7 Å². The molecule has 7 nitrogen and oxygen atoms in total. The molecular formula is C31H32Cl2F2N4O3S. The number of morpholine rings is 1. The highest BCUT2D eigenvalue weighted by molar-refractivity contribution is 7.89. The van der Waals surface area contributed by atoms with Crippen LogP contribution < -0.4 is 4.90 Å². The van der Waals surface area contributed by atoms with Crippen LogP contribution in [0.25, 0.3) is 0 Å². The van der Waals surface area contributed by atoms with Gasteiger partial charge in [-0.3, -0.25) is 0 Å². The molecule has 0 saturated carbocycles. The molecule has 0 radical (unpaired) electrons. The van der Waals surface area contributed by atoms with Crippen molar-refractivity contribution in [1.29, 1.82) is 5.26 Å². The lowest BCUT2D eigenvalue weighted by atomic mass is 9.63. The van der Waals surface area contributed by atoms with E-state index >= 15 is 8.78 Å². The Labute approximate surface area is 261 Å². The molecule has 2 aromatic carbocycles. The molecule has 1 aromatic heterocycles. The van der Waals surface area contributed by atoms with Crippen molar-refractivity contribution in [3.05, 3.63) is 87.5 Å². The Morgan fingerprint density at radius 3 is 2.44 bits per heavy atom. The monoisotopic (exact) mass is 648 g/mol. The fraction of sp³-hybridized carbons (Fsp3) is 0.419. The lowest BCUT2D eigenvalue weighted by Gasteiger charge is -2.38. The highest BCUT2D eigenvalue weighted by atomic mass is 35.5. The average molecular weight is 650 g/mol. The Balaban J connectivity index is 1.72. The molecule has 0 N–H and O–H groups in total. The summed E-state index contributed by atoms with van der Waals surface area (Å²) in [5.74, 6) is -1.79. The van der Waals surface area contributed by atoms with Crippen molar-refractivity contribution in [2.45, 2.75) is 43.5 Å². The Hall–Kier alpha value is -2.81. The number of rotatable bonds is 6. The molecule has 0 amide bonds. The van der Waals surface area contributed by atoms with Gasteiger partial charge in [-0.1, -0.05) is 62.2 Å². The van der Waals surface area contributed by atoms with E-state index in [1.807, 2.05) is 25.7 Å². The zero-order valence-electron chi connectivity index (χ0n) is 24.0. The molecule has 3 heterocycles. The Morgan fingerprint density at radius 2 is 1.84 bits per heavy atom. The molecule has 5 rings (SSSR count). The molecule has 0 bridgehead atoms. The molecular weight excluding hydrogens is 617 g/mol. The second-order valence-electron chi connectivity index (χ2n) is 12.1.